The molecule has 0 spiro atoms. The predicted molar refractivity (Wildman–Crippen MR) is 117 cm³/mol. The van der Waals surface area contributed by atoms with E-state index in [4.69, 9.17) is 4.98 Å². The lowest BCUT2D eigenvalue weighted by molar-refractivity contribution is 0.823. The van der Waals surface area contributed by atoms with Gasteiger partial charge in [0.1, 0.15) is 5.82 Å². The van der Waals surface area contributed by atoms with E-state index in [0.717, 1.165) is 11.4 Å². The van der Waals surface area contributed by atoms with Gasteiger partial charge in [-0.05, 0) is 22.6 Å². The van der Waals surface area contributed by atoms with Crippen molar-refractivity contribution >= 4 is 0 Å². The van der Waals surface area contributed by atoms with Crippen LogP contribution in [0.15, 0.2) is 91.3 Å². The molecule has 28 heavy (non-hydrogen) atoms. The molecule has 1 atom stereocenters. The average Bonchev–Trinajstić information content (AvgIpc) is 3.23. The fourth-order valence-electron chi connectivity index (χ4n) is 3.88. The van der Waals surface area contributed by atoms with E-state index in [1.54, 1.807) is 0 Å². The maximum atomic E-state index is 4.70. The Labute approximate surface area is 167 Å². The van der Waals surface area contributed by atoms with Gasteiger partial charge in [-0.1, -0.05) is 99.6 Å². The first-order valence-electron chi connectivity index (χ1n) is 9.93. The molecule has 0 aliphatic carbocycles. The quantitative estimate of drug-likeness (QED) is 0.379. The minimum atomic E-state index is 0.293. The van der Waals surface area contributed by atoms with Gasteiger partial charge in [0.05, 0.1) is 5.69 Å². The van der Waals surface area contributed by atoms with E-state index >= 15 is 0 Å². The van der Waals surface area contributed by atoms with Crippen LogP contribution in [-0.2, 0) is 0 Å². The minimum Gasteiger partial charge on any atom is -0.299 e. The fraction of sp³-hybridized carbons (Fsp3) is 0.192. The number of para-hydroxylation sites is 1. The fourth-order valence-corrected chi connectivity index (χ4v) is 3.88. The first kappa shape index (κ1) is 18.2. The third-order valence-corrected chi connectivity index (χ3v) is 5.40. The van der Waals surface area contributed by atoms with Crippen LogP contribution in [-0.4, -0.2) is 9.55 Å². The van der Waals surface area contributed by atoms with Gasteiger partial charge in [-0.25, -0.2) is 4.98 Å². The van der Waals surface area contributed by atoms with Crippen LogP contribution in [0.4, 0.5) is 0 Å². The van der Waals surface area contributed by atoms with Crippen molar-refractivity contribution in [3.8, 4) is 17.1 Å². The lowest BCUT2D eigenvalue weighted by Gasteiger charge is -2.23. The first-order chi connectivity index (χ1) is 13.7. The van der Waals surface area contributed by atoms with E-state index in [1.807, 2.05) is 12.3 Å². The molecular formula is C26H26N2. The van der Waals surface area contributed by atoms with Crippen LogP contribution >= 0.6 is 0 Å². The Morgan fingerprint density at radius 3 is 2.04 bits per heavy atom. The SMILES string of the molecule is CC(C)c1cccc(C(C)c2ccccc2)c1-n1ccnc1-c1ccccc1. The number of hydrogen-bond donors (Lipinski definition) is 0. The van der Waals surface area contributed by atoms with E-state index in [-0.39, 0.29) is 0 Å². The van der Waals surface area contributed by atoms with Crippen molar-refractivity contribution in [2.75, 3.05) is 0 Å². The lowest BCUT2D eigenvalue weighted by Crippen LogP contribution is -2.09. The molecule has 0 radical (unpaired) electrons. The maximum Gasteiger partial charge on any atom is 0.144 e. The molecule has 3 aromatic carbocycles. The number of aromatic nitrogens is 2. The molecule has 0 aliphatic rings. The van der Waals surface area contributed by atoms with Crippen molar-refractivity contribution < 1.29 is 0 Å². The monoisotopic (exact) mass is 366 g/mol. The van der Waals surface area contributed by atoms with Gasteiger partial charge in [-0.2, -0.15) is 0 Å². The Morgan fingerprint density at radius 2 is 1.36 bits per heavy atom. The van der Waals surface area contributed by atoms with Crippen LogP contribution in [0.5, 0.6) is 0 Å². The van der Waals surface area contributed by atoms with Gasteiger partial charge >= 0.3 is 0 Å². The summed E-state index contributed by atoms with van der Waals surface area (Å²) >= 11 is 0. The van der Waals surface area contributed by atoms with E-state index in [0.29, 0.717) is 11.8 Å². The summed E-state index contributed by atoms with van der Waals surface area (Å²) in [5, 5.41) is 0. The zero-order valence-corrected chi connectivity index (χ0v) is 16.7. The molecule has 4 aromatic rings. The molecule has 2 nitrogen and oxygen atoms in total. The summed E-state index contributed by atoms with van der Waals surface area (Å²) in [5.41, 5.74) is 6.38. The number of nitrogens with zero attached hydrogens (tertiary/aromatic N) is 2. The molecule has 0 saturated carbocycles. The van der Waals surface area contributed by atoms with Crippen LogP contribution in [0.3, 0.4) is 0 Å². The van der Waals surface area contributed by atoms with Crippen LogP contribution < -0.4 is 0 Å². The Hall–Kier alpha value is -3.13. The molecule has 1 aromatic heterocycles. The van der Waals surface area contributed by atoms with Gasteiger partial charge in [0.2, 0.25) is 0 Å². The molecule has 2 heteroatoms. The second-order valence-corrected chi connectivity index (χ2v) is 7.56. The van der Waals surface area contributed by atoms with E-state index in [9.17, 15) is 0 Å². The summed E-state index contributed by atoms with van der Waals surface area (Å²) in [6.45, 7) is 6.81. The smallest absolute Gasteiger partial charge is 0.144 e. The third kappa shape index (κ3) is 3.38. The zero-order valence-electron chi connectivity index (χ0n) is 16.7. The summed E-state index contributed by atoms with van der Waals surface area (Å²) < 4.78 is 2.26. The normalized spacial score (nSPS) is 12.3. The Kier molecular flexibility index (Phi) is 5.12. The van der Waals surface area contributed by atoms with Crippen LogP contribution in [0.2, 0.25) is 0 Å². The average molecular weight is 367 g/mol. The molecule has 0 fully saturated rings. The molecule has 0 amide bonds. The van der Waals surface area contributed by atoms with Crippen molar-refractivity contribution in [2.24, 2.45) is 0 Å². The van der Waals surface area contributed by atoms with Crippen molar-refractivity contribution in [3.63, 3.8) is 0 Å². The number of rotatable bonds is 5. The molecule has 140 valence electrons. The number of imidazole rings is 1. The van der Waals surface area contributed by atoms with E-state index < -0.39 is 0 Å². The van der Waals surface area contributed by atoms with E-state index in [2.05, 4.69) is 104 Å². The Bertz CT molecular complexity index is 1050. The van der Waals surface area contributed by atoms with Gasteiger partial charge in [0, 0.05) is 23.9 Å². The summed E-state index contributed by atoms with van der Waals surface area (Å²) in [7, 11) is 0. The summed E-state index contributed by atoms with van der Waals surface area (Å²) in [6.07, 6.45) is 3.99. The summed E-state index contributed by atoms with van der Waals surface area (Å²) in [4.78, 5) is 4.70. The van der Waals surface area contributed by atoms with Crippen molar-refractivity contribution in [1.29, 1.82) is 0 Å². The molecule has 0 aliphatic heterocycles. The molecule has 1 unspecified atom stereocenters. The molecule has 1 heterocycles. The Morgan fingerprint density at radius 1 is 0.714 bits per heavy atom. The molecule has 0 bridgehead atoms. The zero-order chi connectivity index (χ0) is 19.5. The van der Waals surface area contributed by atoms with Crippen LogP contribution in [0, 0.1) is 0 Å². The minimum absolute atomic E-state index is 0.293. The van der Waals surface area contributed by atoms with Gasteiger partial charge in [-0.3, -0.25) is 4.57 Å². The summed E-state index contributed by atoms with van der Waals surface area (Å²) in [6, 6.07) is 27.8. The second-order valence-electron chi connectivity index (χ2n) is 7.56. The molecular weight excluding hydrogens is 340 g/mol. The lowest BCUT2D eigenvalue weighted by atomic mass is 9.87. The van der Waals surface area contributed by atoms with Crippen LogP contribution in [0.25, 0.3) is 17.1 Å². The van der Waals surface area contributed by atoms with Crippen molar-refractivity contribution in [1.82, 2.24) is 9.55 Å². The van der Waals surface area contributed by atoms with Gasteiger partial charge in [-0.15, -0.1) is 0 Å². The summed E-state index contributed by atoms with van der Waals surface area (Å²) in [5.74, 6) is 1.69. The maximum absolute atomic E-state index is 4.70. The molecule has 0 saturated heterocycles. The Balaban J connectivity index is 1.94. The number of hydrogen-bond acceptors (Lipinski definition) is 1. The third-order valence-electron chi connectivity index (χ3n) is 5.40. The largest absolute Gasteiger partial charge is 0.299 e. The predicted octanol–water partition coefficient (Wildman–Crippen LogP) is 6.81. The van der Waals surface area contributed by atoms with Crippen molar-refractivity contribution in [2.45, 2.75) is 32.6 Å². The highest BCUT2D eigenvalue weighted by atomic mass is 15.1. The van der Waals surface area contributed by atoms with Crippen LogP contribution in [0.1, 0.15) is 49.3 Å². The first-order valence-corrected chi connectivity index (χ1v) is 9.93. The standard InChI is InChI=1S/C26H26N2/c1-19(2)23-15-10-16-24(20(3)21-11-6-4-7-12-21)25(23)28-18-17-27-26(28)22-13-8-5-9-14-22/h4-20H,1-3H3. The second kappa shape index (κ2) is 7.85. The molecule has 4 rings (SSSR count). The molecule has 0 N–H and O–H groups in total. The van der Waals surface area contributed by atoms with E-state index in [1.165, 1.54) is 22.4 Å². The number of benzene rings is 3. The topological polar surface area (TPSA) is 17.8 Å². The highest BCUT2D eigenvalue weighted by molar-refractivity contribution is 5.63. The highest BCUT2D eigenvalue weighted by Gasteiger charge is 2.20. The van der Waals surface area contributed by atoms with Gasteiger partial charge in [0.15, 0.2) is 0 Å². The van der Waals surface area contributed by atoms with Crippen molar-refractivity contribution in [3.05, 3.63) is 108 Å². The van der Waals surface area contributed by atoms with Gasteiger partial charge in [0.25, 0.3) is 0 Å². The highest BCUT2D eigenvalue weighted by Crippen LogP contribution is 2.36. The van der Waals surface area contributed by atoms with Gasteiger partial charge < -0.3 is 0 Å².